The normalized spacial score (nSPS) is 19.2. The number of nitrogens with zero attached hydrogens (tertiary/aromatic N) is 1. The molecule has 1 atom stereocenters. The van der Waals surface area contributed by atoms with Gasteiger partial charge in [-0.2, -0.15) is 0 Å². The number of rotatable bonds is 1. The molecule has 0 fully saturated rings. The molecule has 1 aliphatic heterocycles. The standard InChI is InChI=1S/C17H21NSi/c1-13-11-15(19(2,3)4)9-10-18-16-8-6-5-7-14(16)12-17(13)18/h5-13H,1-4H3. The van der Waals surface area contributed by atoms with Gasteiger partial charge >= 0.3 is 0 Å². The number of para-hydroxylation sites is 1. The van der Waals surface area contributed by atoms with E-state index in [1.54, 1.807) is 5.20 Å². The van der Waals surface area contributed by atoms with Gasteiger partial charge in [-0.1, -0.05) is 56.0 Å². The van der Waals surface area contributed by atoms with E-state index < -0.39 is 8.07 Å². The molecule has 1 aliphatic rings. The highest BCUT2D eigenvalue weighted by atomic mass is 28.3. The average Bonchev–Trinajstić information content (AvgIpc) is 2.63. The predicted octanol–water partition coefficient (Wildman–Crippen LogP) is 5.03. The number of allylic oxidation sites excluding steroid dienone is 3. The van der Waals surface area contributed by atoms with E-state index >= 15 is 0 Å². The highest BCUT2D eigenvalue weighted by Gasteiger charge is 2.22. The molecule has 19 heavy (non-hydrogen) atoms. The van der Waals surface area contributed by atoms with E-state index in [0.717, 1.165) is 0 Å². The maximum atomic E-state index is 2.46. The Morgan fingerprint density at radius 1 is 1.11 bits per heavy atom. The highest BCUT2D eigenvalue weighted by molar-refractivity contribution is 6.83. The predicted molar refractivity (Wildman–Crippen MR) is 87.1 cm³/mol. The van der Waals surface area contributed by atoms with Gasteiger partial charge in [0.1, 0.15) is 0 Å². The number of fused-ring (bicyclic) bond motifs is 3. The van der Waals surface area contributed by atoms with Crippen molar-refractivity contribution >= 4 is 25.2 Å². The summed E-state index contributed by atoms with van der Waals surface area (Å²) in [6.45, 7) is 9.54. The molecule has 2 aromatic rings. The molecule has 0 spiro atoms. The van der Waals surface area contributed by atoms with Crippen molar-refractivity contribution in [3.8, 4) is 0 Å². The Bertz CT molecular complexity index is 683. The minimum atomic E-state index is -1.25. The number of benzene rings is 1. The van der Waals surface area contributed by atoms with Gasteiger partial charge in [0.25, 0.3) is 0 Å². The van der Waals surface area contributed by atoms with Gasteiger partial charge in [0.15, 0.2) is 0 Å². The molecule has 0 saturated heterocycles. The van der Waals surface area contributed by atoms with Crippen LogP contribution in [0.2, 0.25) is 19.6 Å². The molecule has 1 unspecified atom stereocenters. The average molecular weight is 267 g/mol. The minimum absolute atomic E-state index is 0.476. The molecule has 0 radical (unpaired) electrons. The molecule has 2 heteroatoms. The Labute approximate surface area is 116 Å². The fourth-order valence-corrected chi connectivity index (χ4v) is 4.10. The van der Waals surface area contributed by atoms with E-state index in [4.69, 9.17) is 0 Å². The van der Waals surface area contributed by atoms with Gasteiger partial charge in [-0.05, 0) is 18.2 Å². The maximum Gasteiger partial charge on any atom is 0.0772 e. The molecule has 1 aromatic carbocycles. The van der Waals surface area contributed by atoms with Gasteiger partial charge in [0.2, 0.25) is 0 Å². The summed E-state index contributed by atoms with van der Waals surface area (Å²) in [5.41, 5.74) is 2.71. The minimum Gasteiger partial charge on any atom is -0.320 e. The second-order valence-corrected chi connectivity index (χ2v) is 11.6. The topological polar surface area (TPSA) is 4.93 Å². The van der Waals surface area contributed by atoms with Crippen LogP contribution in [-0.2, 0) is 0 Å². The van der Waals surface area contributed by atoms with Crippen LogP contribution in [0.4, 0.5) is 0 Å². The van der Waals surface area contributed by atoms with Crippen LogP contribution < -0.4 is 0 Å². The lowest BCUT2D eigenvalue weighted by molar-refractivity contribution is 0.891. The van der Waals surface area contributed by atoms with Crippen molar-refractivity contribution in [2.45, 2.75) is 32.5 Å². The Kier molecular flexibility index (Phi) is 2.79. The molecule has 1 nitrogen and oxygen atoms in total. The first kappa shape index (κ1) is 12.5. The van der Waals surface area contributed by atoms with Crippen LogP contribution >= 0.6 is 0 Å². The summed E-state index contributed by atoms with van der Waals surface area (Å²) in [6, 6.07) is 11.0. The Balaban J connectivity index is 2.19. The molecule has 1 aromatic heterocycles. The van der Waals surface area contributed by atoms with Gasteiger partial charge in [0.05, 0.1) is 13.6 Å². The second kappa shape index (κ2) is 4.24. The lowest BCUT2D eigenvalue weighted by Gasteiger charge is -2.18. The van der Waals surface area contributed by atoms with E-state index in [-0.39, 0.29) is 0 Å². The summed E-state index contributed by atoms with van der Waals surface area (Å²) in [5, 5.41) is 2.88. The first-order valence-electron chi connectivity index (χ1n) is 6.97. The second-order valence-electron chi connectivity index (χ2n) is 6.47. The van der Waals surface area contributed by atoms with E-state index in [2.05, 4.69) is 79.8 Å². The van der Waals surface area contributed by atoms with Crippen molar-refractivity contribution in [1.82, 2.24) is 4.57 Å². The van der Waals surface area contributed by atoms with Crippen molar-refractivity contribution in [3.05, 3.63) is 53.4 Å². The molecule has 0 saturated carbocycles. The molecule has 0 N–H and O–H groups in total. The van der Waals surface area contributed by atoms with Crippen LogP contribution in [0, 0.1) is 0 Å². The monoisotopic (exact) mass is 267 g/mol. The molecule has 0 aliphatic carbocycles. The first-order chi connectivity index (χ1) is 8.97. The van der Waals surface area contributed by atoms with Gasteiger partial charge in [-0.15, -0.1) is 0 Å². The quantitative estimate of drug-likeness (QED) is 0.638. The summed E-state index contributed by atoms with van der Waals surface area (Å²) in [5.74, 6) is 0.476. The Morgan fingerprint density at radius 3 is 2.58 bits per heavy atom. The van der Waals surface area contributed by atoms with E-state index in [0.29, 0.717) is 5.92 Å². The Morgan fingerprint density at radius 2 is 1.84 bits per heavy atom. The molecular weight excluding hydrogens is 246 g/mol. The van der Waals surface area contributed by atoms with Crippen molar-refractivity contribution in [2.24, 2.45) is 0 Å². The molecule has 98 valence electrons. The summed E-state index contributed by atoms with van der Waals surface area (Å²) >= 11 is 0. The molecule has 2 heterocycles. The van der Waals surface area contributed by atoms with E-state index in [1.165, 1.54) is 16.6 Å². The van der Waals surface area contributed by atoms with Gasteiger partial charge in [-0.3, -0.25) is 0 Å². The first-order valence-corrected chi connectivity index (χ1v) is 10.5. The van der Waals surface area contributed by atoms with Gasteiger partial charge < -0.3 is 4.57 Å². The van der Waals surface area contributed by atoms with Crippen LogP contribution in [0.25, 0.3) is 17.1 Å². The number of hydrogen-bond acceptors (Lipinski definition) is 0. The maximum absolute atomic E-state index is 2.46. The van der Waals surface area contributed by atoms with Crippen LogP contribution in [0.5, 0.6) is 0 Å². The number of aromatic nitrogens is 1. The molecule has 0 amide bonds. The highest BCUT2D eigenvalue weighted by Crippen LogP contribution is 2.31. The number of hydrogen-bond donors (Lipinski definition) is 0. The van der Waals surface area contributed by atoms with Crippen molar-refractivity contribution in [2.75, 3.05) is 0 Å². The van der Waals surface area contributed by atoms with Crippen molar-refractivity contribution in [1.29, 1.82) is 0 Å². The summed E-state index contributed by atoms with van der Waals surface area (Å²) < 4.78 is 2.35. The van der Waals surface area contributed by atoms with Gasteiger partial charge in [0, 0.05) is 23.2 Å². The lowest BCUT2D eigenvalue weighted by Crippen LogP contribution is -2.22. The van der Waals surface area contributed by atoms with Crippen LogP contribution in [0.15, 0.2) is 47.7 Å². The lowest BCUT2D eigenvalue weighted by atomic mass is 10.1. The summed E-state index contributed by atoms with van der Waals surface area (Å²) in [7, 11) is -1.25. The smallest absolute Gasteiger partial charge is 0.0772 e. The largest absolute Gasteiger partial charge is 0.320 e. The van der Waals surface area contributed by atoms with Crippen LogP contribution in [-0.4, -0.2) is 12.6 Å². The van der Waals surface area contributed by atoms with E-state index in [9.17, 15) is 0 Å². The third-order valence-electron chi connectivity index (χ3n) is 3.94. The molecular formula is C17H21NSi. The third kappa shape index (κ3) is 2.10. The summed E-state index contributed by atoms with van der Waals surface area (Å²) in [6.07, 6.45) is 7.04. The molecule has 0 bridgehead atoms. The Hall–Kier alpha value is -1.54. The fourth-order valence-electron chi connectivity index (χ4n) is 2.78. The van der Waals surface area contributed by atoms with Crippen LogP contribution in [0.1, 0.15) is 18.5 Å². The zero-order valence-electron chi connectivity index (χ0n) is 12.1. The van der Waals surface area contributed by atoms with Crippen molar-refractivity contribution < 1.29 is 0 Å². The zero-order valence-corrected chi connectivity index (χ0v) is 13.1. The van der Waals surface area contributed by atoms with Crippen LogP contribution in [0.3, 0.4) is 0 Å². The van der Waals surface area contributed by atoms with Crippen molar-refractivity contribution in [3.63, 3.8) is 0 Å². The molecule has 3 rings (SSSR count). The summed E-state index contributed by atoms with van der Waals surface area (Å²) in [4.78, 5) is 0. The zero-order chi connectivity index (χ0) is 13.6. The van der Waals surface area contributed by atoms with E-state index in [1.807, 2.05) is 0 Å². The third-order valence-corrected chi connectivity index (χ3v) is 6.01. The van der Waals surface area contributed by atoms with Gasteiger partial charge in [-0.25, -0.2) is 0 Å². The SMILES string of the molecule is CC1C=C([Si](C)(C)C)C=Cn2c1cc1ccccc12. The fraction of sp³-hybridized carbons (Fsp3) is 0.294.